The van der Waals surface area contributed by atoms with E-state index in [4.69, 9.17) is 5.11 Å². The fourth-order valence-corrected chi connectivity index (χ4v) is 3.96. The first kappa shape index (κ1) is 15.0. The molecule has 0 amide bonds. The third-order valence-electron chi connectivity index (χ3n) is 3.69. The Morgan fingerprint density at radius 2 is 2.05 bits per heavy atom. The molecule has 1 unspecified atom stereocenters. The van der Waals surface area contributed by atoms with E-state index in [-0.39, 0.29) is 10.5 Å². The molecule has 1 aromatic carbocycles. The van der Waals surface area contributed by atoms with E-state index in [0.29, 0.717) is 19.0 Å². The lowest BCUT2D eigenvalue weighted by Gasteiger charge is -2.20. The summed E-state index contributed by atoms with van der Waals surface area (Å²) in [6, 6.07) is 5.55. The van der Waals surface area contributed by atoms with Crippen LogP contribution >= 0.6 is 0 Å². The molecule has 1 aromatic rings. The van der Waals surface area contributed by atoms with Crippen LogP contribution in [0.25, 0.3) is 0 Å². The molecule has 0 spiro atoms. The molecule has 0 saturated carbocycles. The van der Waals surface area contributed by atoms with Crippen molar-refractivity contribution in [3.63, 3.8) is 0 Å². The Bertz CT molecular complexity index is 597. The highest BCUT2D eigenvalue weighted by molar-refractivity contribution is 7.89. The summed E-state index contributed by atoms with van der Waals surface area (Å²) in [7, 11) is -3.59. The second-order valence-corrected chi connectivity index (χ2v) is 7.21. The van der Waals surface area contributed by atoms with Crippen molar-refractivity contribution in [1.29, 1.82) is 0 Å². The third-order valence-corrected chi connectivity index (χ3v) is 5.59. The Hall–Kier alpha value is -1.40. The molecule has 1 aliphatic heterocycles. The van der Waals surface area contributed by atoms with Crippen LogP contribution in [0, 0.1) is 5.92 Å². The van der Waals surface area contributed by atoms with E-state index in [1.165, 1.54) is 28.6 Å². The van der Waals surface area contributed by atoms with Crippen LogP contribution in [0.2, 0.25) is 0 Å². The van der Waals surface area contributed by atoms with Gasteiger partial charge in [-0.2, -0.15) is 4.31 Å². The molecular formula is C14H19NO4S. The maximum atomic E-state index is 12.6. The zero-order chi connectivity index (χ0) is 14.8. The molecule has 0 radical (unpaired) electrons. The predicted molar refractivity (Wildman–Crippen MR) is 75.2 cm³/mol. The zero-order valence-corrected chi connectivity index (χ0v) is 12.3. The van der Waals surface area contributed by atoms with Crippen LogP contribution in [0.4, 0.5) is 0 Å². The summed E-state index contributed by atoms with van der Waals surface area (Å²) in [5.74, 6) is -0.591. The topological polar surface area (TPSA) is 74.7 Å². The predicted octanol–water partition coefficient (Wildman–Crippen LogP) is 2.20. The molecule has 20 heavy (non-hydrogen) atoms. The summed E-state index contributed by atoms with van der Waals surface area (Å²) in [4.78, 5) is 11.0. The second kappa shape index (κ2) is 5.93. The molecule has 1 saturated heterocycles. The smallest absolute Gasteiger partial charge is 0.335 e. The van der Waals surface area contributed by atoms with Gasteiger partial charge in [-0.05, 0) is 43.4 Å². The van der Waals surface area contributed by atoms with E-state index in [1.807, 2.05) is 0 Å². The summed E-state index contributed by atoms with van der Waals surface area (Å²) in [5.41, 5.74) is -0.00531. The quantitative estimate of drug-likeness (QED) is 0.928. The van der Waals surface area contributed by atoms with Crippen molar-refractivity contribution in [1.82, 2.24) is 4.31 Å². The molecule has 0 aliphatic carbocycles. The Labute approximate surface area is 119 Å². The van der Waals surface area contributed by atoms with Crippen LogP contribution in [0.5, 0.6) is 0 Å². The normalized spacial score (nSPS) is 21.4. The van der Waals surface area contributed by atoms with Gasteiger partial charge in [-0.15, -0.1) is 0 Å². The minimum absolute atomic E-state index is 0.00531. The Morgan fingerprint density at radius 1 is 1.30 bits per heavy atom. The standard InChI is InChI=1S/C14H19NO4S/c1-11-4-3-8-15(9-7-11)20(18,19)13-6-2-5-12(10-13)14(16)17/h2,5-6,10-11H,3-4,7-9H2,1H3,(H,16,17). The molecule has 0 bridgehead atoms. The van der Waals surface area contributed by atoms with Crippen molar-refractivity contribution < 1.29 is 18.3 Å². The van der Waals surface area contributed by atoms with Crippen molar-refractivity contribution in [2.24, 2.45) is 5.92 Å². The highest BCUT2D eigenvalue weighted by Crippen LogP contribution is 2.23. The van der Waals surface area contributed by atoms with Crippen molar-refractivity contribution in [3.8, 4) is 0 Å². The first-order chi connectivity index (χ1) is 9.41. The number of carboxylic acid groups (broad SMARTS) is 1. The van der Waals surface area contributed by atoms with Gasteiger partial charge in [0.15, 0.2) is 0 Å². The molecule has 1 aliphatic rings. The molecule has 6 heteroatoms. The lowest BCUT2D eigenvalue weighted by molar-refractivity contribution is 0.0696. The third kappa shape index (κ3) is 3.19. The van der Waals surface area contributed by atoms with Crippen LogP contribution in [-0.2, 0) is 10.0 Å². The fourth-order valence-electron chi connectivity index (χ4n) is 2.42. The zero-order valence-electron chi connectivity index (χ0n) is 11.4. The molecule has 110 valence electrons. The maximum absolute atomic E-state index is 12.6. The molecule has 1 N–H and O–H groups in total. The number of rotatable bonds is 3. The highest BCUT2D eigenvalue weighted by atomic mass is 32.2. The van der Waals surface area contributed by atoms with Crippen LogP contribution in [0.3, 0.4) is 0 Å². The van der Waals surface area contributed by atoms with Gasteiger partial charge in [0.1, 0.15) is 0 Å². The summed E-state index contributed by atoms with van der Waals surface area (Å²) in [6.07, 6.45) is 2.72. The van der Waals surface area contributed by atoms with E-state index in [9.17, 15) is 13.2 Å². The number of hydrogen-bond donors (Lipinski definition) is 1. The second-order valence-electron chi connectivity index (χ2n) is 5.27. The summed E-state index contributed by atoms with van der Waals surface area (Å²) in [6.45, 7) is 3.13. The minimum Gasteiger partial charge on any atom is -0.478 e. The SMILES string of the molecule is CC1CCCN(S(=O)(=O)c2cccc(C(=O)O)c2)CC1. The molecule has 0 aromatic heterocycles. The van der Waals surface area contributed by atoms with Gasteiger partial charge in [0, 0.05) is 13.1 Å². The highest BCUT2D eigenvalue weighted by Gasteiger charge is 2.27. The number of hydrogen-bond acceptors (Lipinski definition) is 3. The van der Waals surface area contributed by atoms with Crippen LogP contribution in [-0.4, -0.2) is 36.9 Å². The molecule has 1 fully saturated rings. The van der Waals surface area contributed by atoms with Crippen LogP contribution < -0.4 is 0 Å². The largest absolute Gasteiger partial charge is 0.478 e. The van der Waals surface area contributed by atoms with Crippen molar-refractivity contribution in [2.45, 2.75) is 31.1 Å². The van der Waals surface area contributed by atoms with Crippen molar-refractivity contribution in [3.05, 3.63) is 29.8 Å². The number of carbonyl (C=O) groups is 1. The number of carboxylic acids is 1. The Balaban J connectivity index is 2.29. The van der Waals surface area contributed by atoms with Gasteiger partial charge in [0.2, 0.25) is 10.0 Å². The van der Waals surface area contributed by atoms with Gasteiger partial charge in [0.05, 0.1) is 10.5 Å². The van der Waals surface area contributed by atoms with Gasteiger partial charge in [-0.1, -0.05) is 13.0 Å². The molecular weight excluding hydrogens is 278 g/mol. The average Bonchev–Trinajstić information content (AvgIpc) is 2.64. The van der Waals surface area contributed by atoms with Crippen molar-refractivity contribution in [2.75, 3.05) is 13.1 Å². The summed E-state index contributed by atoms with van der Waals surface area (Å²) >= 11 is 0. The lowest BCUT2D eigenvalue weighted by atomic mass is 10.0. The monoisotopic (exact) mass is 297 g/mol. The minimum atomic E-state index is -3.59. The van der Waals surface area contributed by atoms with Gasteiger partial charge in [0.25, 0.3) is 0 Å². The average molecular weight is 297 g/mol. The van der Waals surface area contributed by atoms with E-state index in [2.05, 4.69) is 6.92 Å². The van der Waals surface area contributed by atoms with Crippen molar-refractivity contribution >= 4 is 16.0 Å². The Kier molecular flexibility index (Phi) is 4.45. The number of benzene rings is 1. The van der Waals surface area contributed by atoms with E-state index < -0.39 is 16.0 Å². The van der Waals surface area contributed by atoms with Gasteiger partial charge in [-0.3, -0.25) is 0 Å². The van der Waals surface area contributed by atoms with Crippen LogP contribution in [0.15, 0.2) is 29.2 Å². The molecule has 1 atom stereocenters. The Morgan fingerprint density at radius 3 is 2.75 bits per heavy atom. The van der Waals surface area contributed by atoms with Crippen LogP contribution in [0.1, 0.15) is 36.5 Å². The number of sulfonamides is 1. The van der Waals surface area contributed by atoms with Gasteiger partial charge in [-0.25, -0.2) is 13.2 Å². The van der Waals surface area contributed by atoms with E-state index in [1.54, 1.807) is 0 Å². The van der Waals surface area contributed by atoms with E-state index in [0.717, 1.165) is 19.3 Å². The lowest BCUT2D eigenvalue weighted by Crippen LogP contribution is -2.32. The molecule has 5 nitrogen and oxygen atoms in total. The molecule has 1 heterocycles. The van der Waals surface area contributed by atoms with E-state index >= 15 is 0 Å². The summed E-state index contributed by atoms with van der Waals surface area (Å²) in [5, 5.41) is 8.96. The fraction of sp³-hybridized carbons (Fsp3) is 0.500. The first-order valence-corrected chi connectivity index (χ1v) is 8.19. The summed E-state index contributed by atoms with van der Waals surface area (Å²) < 4.78 is 26.6. The number of aromatic carboxylic acids is 1. The maximum Gasteiger partial charge on any atom is 0.335 e. The first-order valence-electron chi connectivity index (χ1n) is 6.75. The number of nitrogens with zero attached hydrogens (tertiary/aromatic N) is 1. The molecule has 2 rings (SSSR count). The van der Waals surface area contributed by atoms with Gasteiger partial charge < -0.3 is 5.11 Å². The van der Waals surface area contributed by atoms with Gasteiger partial charge >= 0.3 is 5.97 Å².